The molecular weight excluding hydrogens is 540 g/mol. The summed E-state index contributed by atoms with van der Waals surface area (Å²) < 4.78 is 34.4. The maximum Gasteiger partial charge on any atom is 0.264 e. The first-order valence-corrected chi connectivity index (χ1v) is 13.4. The normalized spacial score (nSPS) is 13.0. The first-order chi connectivity index (χ1) is 16.2. The highest BCUT2D eigenvalue weighted by atomic mass is 79.9. The second-order valence-corrected chi connectivity index (χ2v) is 11.2. The van der Waals surface area contributed by atoms with Gasteiger partial charge in [0.1, 0.15) is 5.75 Å². The molecule has 3 aromatic rings. The Kier molecular flexibility index (Phi) is 7.21. The van der Waals surface area contributed by atoms with Crippen molar-refractivity contribution < 1.29 is 17.9 Å². The van der Waals surface area contributed by atoms with E-state index in [2.05, 4.69) is 21.2 Å². The molecule has 178 valence electrons. The third-order valence-corrected chi connectivity index (χ3v) is 8.28. The van der Waals surface area contributed by atoms with Crippen molar-refractivity contribution in [3.63, 3.8) is 0 Å². The average molecular weight is 564 g/mol. The molecule has 0 atom stereocenters. The van der Waals surface area contributed by atoms with E-state index in [1.54, 1.807) is 6.07 Å². The molecule has 0 saturated heterocycles. The van der Waals surface area contributed by atoms with Crippen molar-refractivity contribution in [3.05, 3.63) is 80.8 Å². The Bertz CT molecular complexity index is 1360. The van der Waals surface area contributed by atoms with Crippen LogP contribution in [0.15, 0.2) is 64.0 Å². The maximum atomic E-state index is 13.2. The number of carbonyl (C=O) groups excluding carboxylic acids is 1. The van der Waals surface area contributed by atoms with Gasteiger partial charge in [-0.3, -0.25) is 9.10 Å². The summed E-state index contributed by atoms with van der Waals surface area (Å²) in [5, 5.41) is 3.02. The van der Waals surface area contributed by atoms with Crippen molar-refractivity contribution in [1.29, 1.82) is 0 Å². The predicted octanol–water partition coefficient (Wildman–Crippen LogP) is 5.74. The monoisotopic (exact) mass is 562 g/mol. The number of carbonyl (C=O) groups is 1. The lowest BCUT2D eigenvalue weighted by Gasteiger charge is -2.20. The van der Waals surface area contributed by atoms with Gasteiger partial charge in [0.15, 0.2) is 6.61 Å². The van der Waals surface area contributed by atoms with Crippen LogP contribution in [-0.4, -0.2) is 27.5 Å². The lowest BCUT2D eigenvalue weighted by molar-refractivity contribution is -0.118. The molecule has 1 N–H and O–H groups in total. The van der Waals surface area contributed by atoms with Crippen LogP contribution in [0.3, 0.4) is 0 Å². The molecular formula is C25H24BrClN2O4S. The number of nitrogens with zero attached hydrogens (tertiary/aromatic N) is 1. The first-order valence-electron chi connectivity index (χ1n) is 10.8. The molecule has 0 spiro atoms. The zero-order chi connectivity index (χ0) is 24.5. The van der Waals surface area contributed by atoms with Gasteiger partial charge in [0.2, 0.25) is 0 Å². The fourth-order valence-corrected chi connectivity index (χ4v) is 6.48. The number of halogens is 2. The van der Waals surface area contributed by atoms with Crippen LogP contribution >= 0.6 is 27.5 Å². The lowest BCUT2D eigenvalue weighted by atomic mass is 10.1. The first kappa shape index (κ1) is 24.6. The van der Waals surface area contributed by atoms with Crippen LogP contribution in [0.1, 0.15) is 23.6 Å². The molecule has 6 nitrogen and oxygen atoms in total. The molecule has 3 aromatic carbocycles. The number of rotatable bonds is 7. The summed E-state index contributed by atoms with van der Waals surface area (Å²) in [5.74, 6) is -0.0950. The second-order valence-electron chi connectivity index (χ2n) is 8.00. The number of amides is 1. The summed E-state index contributed by atoms with van der Waals surface area (Å²) in [6, 6.07) is 15.6. The molecule has 0 fully saturated rings. The molecule has 0 aromatic heterocycles. The Labute approximate surface area is 213 Å². The molecule has 9 heteroatoms. The minimum atomic E-state index is -3.77. The van der Waals surface area contributed by atoms with E-state index in [1.807, 2.05) is 44.2 Å². The van der Waals surface area contributed by atoms with Crippen LogP contribution in [0.25, 0.3) is 0 Å². The topological polar surface area (TPSA) is 75.7 Å². The van der Waals surface area contributed by atoms with Crippen molar-refractivity contribution in [2.45, 2.75) is 31.6 Å². The number of nitrogens with one attached hydrogen (secondary N) is 1. The van der Waals surface area contributed by atoms with E-state index in [-0.39, 0.29) is 28.2 Å². The molecule has 34 heavy (non-hydrogen) atoms. The van der Waals surface area contributed by atoms with E-state index in [4.69, 9.17) is 16.3 Å². The van der Waals surface area contributed by atoms with Crippen LogP contribution in [0.2, 0.25) is 5.02 Å². The summed E-state index contributed by atoms with van der Waals surface area (Å²) >= 11 is 9.81. The number of ether oxygens (including phenoxy) is 1. The zero-order valence-electron chi connectivity index (χ0n) is 18.8. The van der Waals surface area contributed by atoms with E-state index in [1.165, 1.54) is 22.5 Å². The van der Waals surface area contributed by atoms with Gasteiger partial charge in [-0.15, -0.1) is 0 Å². The van der Waals surface area contributed by atoms with E-state index in [0.29, 0.717) is 18.7 Å². The Balaban J connectivity index is 1.46. The smallest absolute Gasteiger partial charge is 0.264 e. The van der Waals surface area contributed by atoms with Crippen molar-refractivity contribution in [2.24, 2.45) is 0 Å². The van der Waals surface area contributed by atoms with Gasteiger partial charge in [0.25, 0.3) is 15.9 Å². The molecule has 0 saturated carbocycles. The molecule has 1 amide bonds. The van der Waals surface area contributed by atoms with Gasteiger partial charge < -0.3 is 10.1 Å². The number of benzene rings is 3. The highest BCUT2D eigenvalue weighted by Crippen LogP contribution is 2.35. The van der Waals surface area contributed by atoms with E-state index in [0.717, 1.165) is 33.3 Å². The molecule has 0 bridgehead atoms. The van der Waals surface area contributed by atoms with Gasteiger partial charge >= 0.3 is 0 Å². The third-order valence-electron chi connectivity index (χ3n) is 5.72. The molecule has 0 unspecified atom stereocenters. The van der Waals surface area contributed by atoms with Crippen molar-refractivity contribution in [2.75, 3.05) is 22.8 Å². The molecule has 0 radical (unpaired) electrons. The fourth-order valence-electron chi connectivity index (χ4n) is 4.03. The fraction of sp³-hybridized carbons (Fsp3) is 0.240. The van der Waals surface area contributed by atoms with Gasteiger partial charge in [-0.2, -0.15) is 0 Å². The predicted molar refractivity (Wildman–Crippen MR) is 139 cm³/mol. The molecule has 4 rings (SSSR count). The highest BCUT2D eigenvalue weighted by molar-refractivity contribution is 9.10. The van der Waals surface area contributed by atoms with Crippen LogP contribution in [-0.2, 0) is 27.7 Å². The Morgan fingerprint density at radius 1 is 1.18 bits per heavy atom. The molecule has 1 heterocycles. The number of sulfonamides is 1. The minimum absolute atomic E-state index is 0.0732. The van der Waals surface area contributed by atoms with Crippen molar-refractivity contribution in [3.8, 4) is 5.75 Å². The van der Waals surface area contributed by atoms with Crippen molar-refractivity contribution >= 4 is 54.8 Å². The number of hydrogen-bond acceptors (Lipinski definition) is 4. The number of fused-ring (bicyclic) bond motifs is 1. The average Bonchev–Trinajstić information content (AvgIpc) is 3.25. The van der Waals surface area contributed by atoms with Gasteiger partial charge in [-0.25, -0.2) is 8.42 Å². The van der Waals surface area contributed by atoms with Gasteiger partial charge in [-0.1, -0.05) is 52.7 Å². The zero-order valence-corrected chi connectivity index (χ0v) is 21.9. The largest absolute Gasteiger partial charge is 0.482 e. The van der Waals surface area contributed by atoms with E-state index in [9.17, 15) is 13.2 Å². The number of hydrogen-bond donors (Lipinski definition) is 1. The number of para-hydroxylation sites is 1. The highest BCUT2D eigenvalue weighted by Gasteiger charge is 2.31. The minimum Gasteiger partial charge on any atom is -0.482 e. The standard InChI is InChI=1S/C25H24BrClN2O4S/c1-3-17-13-19(26)12-16(2)25(17)28-24(30)15-33-23-9-8-20(14-21(23)27)34(31,32)29-11-10-18-6-4-5-7-22(18)29/h4-9,12-14H,3,10-11,15H2,1-2H3,(H,28,30). The Morgan fingerprint density at radius 3 is 2.68 bits per heavy atom. The Hall–Kier alpha value is -2.55. The second kappa shape index (κ2) is 9.98. The summed E-state index contributed by atoms with van der Waals surface area (Å²) in [7, 11) is -3.77. The van der Waals surface area contributed by atoms with Gasteiger partial charge in [0.05, 0.1) is 15.6 Å². The van der Waals surface area contributed by atoms with Crippen LogP contribution < -0.4 is 14.4 Å². The van der Waals surface area contributed by atoms with Gasteiger partial charge in [0, 0.05) is 16.7 Å². The van der Waals surface area contributed by atoms with E-state index < -0.39 is 10.0 Å². The maximum absolute atomic E-state index is 13.2. The van der Waals surface area contributed by atoms with Crippen LogP contribution in [0.4, 0.5) is 11.4 Å². The SMILES string of the molecule is CCc1cc(Br)cc(C)c1NC(=O)COc1ccc(S(=O)(=O)N2CCc3ccccc32)cc1Cl. The summed E-state index contributed by atoms with van der Waals surface area (Å²) in [5.41, 5.74) is 4.39. The number of aryl methyl sites for hydroxylation is 2. The summed E-state index contributed by atoms with van der Waals surface area (Å²) in [6.07, 6.45) is 1.43. The van der Waals surface area contributed by atoms with Crippen LogP contribution in [0.5, 0.6) is 5.75 Å². The van der Waals surface area contributed by atoms with Crippen LogP contribution in [0, 0.1) is 6.92 Å². The molecule has 1 aliphatic rings. The number of anilines is 2. The summed E-state index contributed by atoms with van der Waals surface area (Å²) in [6.45, 7) is 4.07. The summed E-state index contributed by atoms with van der Waals surface area (Å²) in [4.78, 5) is 12.6. The molecule has 0 aliphatic carbocycles. The van der Waals surface area contributed by atoms with Gasteiger partial charge in [-0.05, 0) is 72.9 Å². The molecule has 1 aliphatic heterocycles. The third kappa shape index (κ3) is 4.94. The lowest BCUT2D eigenvalue weighted by Crippen LogP contribution is -2.29. The quantitative estimate of drug-likeness (QED) is 0.398. The van der Waals surface area contributed by atoms with Crippen molar-refractivity contribution in [1.82, 2.24) is 0 Å². The Morgan fingerprint density at radius 2 is 1.94 bits per heavy atom. The van der Waals surface area contributed by atoms with E-state index >= 15 is 0 Å².